The SMILES string of the molecule is O=C(c1ccc2ccccc2c1)N1CC(c2nc(C3CC3)no2)C1. The Kier molecular flexibility index (Phi) is 2.95. The van der Waals surface area contributed by atoms with Crippen molar-refractivity contribution in [2.45, 2.75) is 24.7 Å². The Balaban J connectivity index is 1.29. The van der Waals surface area contributed by atoms with Crippen molar-refractivity contribution in [2.75, 3.05) is 13.1 Å². The first-order chi connectivity index (χ1) is 11.8. The molecule has 0 unspecified atom stereocenters. The molecule has 0 spiro atoms. The lowest BCUT2D eigenvalue weighted by Crippen LogP contribution is -2.48. The number of hydrogen-bond acceptors (Lipinski definition) is 4. The minimum atomic E-state index is 0.0685. The summed E-state index contributed by atoms with van der Waals surface area (Å²) in [6.45, 7) is 1.30. The van der Waals surface area contributed by atoms with Crippen LogP contribution in [0.5, 0.6) is 0 Å². The van der Waals surface area contributed by atoms with E-state index in [0.29, 0.717) is 24.9 Å². The molecule has 2 aliphatic rings. The van der Waals surface area contributed by atoms with E-state index in [0.717, 1.165) is 35.0 Å². The van der Waals surface area contributed by atoms with Crippen molar-refractivity contribution in [1.82, 2.24) is 15.0 Å². The summed E-state index contributed by atoms with van der Waals surface area (Å²) in [4.78, 5) is 19.0. The Labute approximate surface area is 139 Å². The molecule has 1 aliphatic heterocycles. The van der Waals surface area contributed by atoms with E-state index in [1.807, 2.05) is 41.3 Å². The fourth-order valence-corrected chi connectivity index (χ4v) is 3.23. The van der Waals surface area contributed by atoms with Gasteiger partial charge in [-0.25, -0.2) is 0 Å². The zero-order valence-electron chi connectivity index (χ0n) is 13.2. The summed E-state index contributed by atoms with van der Waals surface area (Å²) >= 11 is 0. The Morgan fingerprint density at radius 1 is 1.04 bits per heavy atom. The van der Waals surface area contributed by atoms with E-state index in [4.69, 9.17) is 4.52 Å². The zero-order chi connectivity index (χ0) is 16.1. The number of amides is 1. The highest BCUT2D eigenvalue weighted by Crippen LogP contribution is 2.39. The summed E-state index contributed by atoms with van der Waals surface area (Å²) in [5.74, 6) is 2.26. The highest BCUT2D eigenvalue weighted by atomic mass is 16.5. The van der Waals surface area contributed by atoms with Gasteiger partial charge in [0.2, 0.25) is 5.89 Å². The first kappa shape index (κ1) is 13.7. The average molecular weight is 319 g/mol. The van der Waals surface area contributed by atoms with Crippen LogP contribution in [0.15, 0.2) is 47.0 Å². The Bertz CT molecular complexity index is 923. The third-order valence-corrected chi connectivity index (χ3v) is 4.91. The number of benzene rings is 2. The maximum Gasteiger partial charge on any atom is 0.253 e. The molecule has 3 aromatic rings. The smallest absolute Gasteiger partial charge is 0.253 e. The van der Waals surface area contributed by atoms with Crippen molar-refractivity contribution in [3.8, 4) is 0 Å². The van der Waals surface area contributed by atoms with E-state index in [1.165, 1.54) is 0 Å². The van der Waals surface area contributed by atoms with Crippen LogP contribution in [0.2, 0.25) is 0 Å². The molecule has 24 heavy (non-hydrogen) atoms. The van der Waals surface area contributed by atoms with Gasteiger partial charge in [-0.3, -0.25) is 4.79 Å². The summed E-state index contributed by atoms with van der Waals surface area (Å²) in [5.41, 5.74) is 0.733. The maximum absolute atomic E-state index is 12.6. The van der Waals surface area contributed by atoms with Gasteiger partial charge in [0, 0.05) is 24.6 Å². The average Bonchev–Trinajstić information content (AvgIpc) is 3.32. The first-order valence-electron chi connectivity index (χ1n) is 8.39. The highest BCUT2D eigenvalue weighted by Gasteiger charge is 2.37. The van der Waals surface area contributed by atoms with Crippen LogP contribution >= 0.6 is 0 Å². The molecule has 5 heteroatoms. The highest BCUT2D eigenvalue weighted by molar-refractivity contribution is 5.99. The molecule has 1 amide bonds. The molecule has 120 valence electrons. The van der Waals surface area contributed by atoms with Crippen LogP contribution in [-0.2, 0) is 0 Å². The van der Waals surface area contributed by atoms with Gasteiger partial charge in [-0.15, -0.1) is 0 Å². The van der Waals surface area contributed by atoms with Gasteiger partial charge in [-0.05, 0) is 35.7 Å². The van der Waals surface area contributed by atoms with Crippen molar-refractivity contribution in [1.29, 1.82) is 0 Å². The van der Waals surface area contributed by atoms with Crippen molar-refractivity contribution < 1.29 is 9.32 Å². The van der Waals surface area contributed by atoms with E-state index in [9.17, 15) is 4.79 Å². The van der Waals surface area contributed by atoms with E-state index >= 15 is 0 Å². The van der Waals surface area contributed by atoms with E-state index in [2.05, 4.69) is 16.2 Å². The van der Waals surface area contributed by atoms with E-state index in [1.54, 1.807) is 0 Å². The largest absolute Gasteiger partial charge is 0.339 e. The molecule has 0 N–H and O–H groups in total. The Morgan fingerprint density at radius 3 is 2.62 bits per heavy atom. The number of rotatable bonds is 3. The van der Waals surface area contributed by atoms with Crippen LogP contribution in [0, 0.1) is 0 Å². The number of aromatic nitrogens is 2. The van der Waals surface area contributed by atoms with Crippen LogP contribution in [0.25, 0.3) is 10.8 Å². The maximum atomic E-state index is 12.6. The van der Waals surface area contributed by atoms with Crippen LogP contribution < -0.4 is 0 Å². The minimum absolute atomic E-state index is 0.0685. The fraction of sp³-hybridized carbons (Fsp3) is 0.316. The number of likely N-dealkylation sites (tertiary alicyclic amines) is 1. The van der Waals surface area contributed by atoms with Gasteiger partial charge in [0.25, 0.3) is 5.91 Å². The summed E-state index contributed by atoms with van der Waals surface area (Å²) in [6.07, 6.45) is 2.33. The normalized spacial score (nSPS) is 17.9. The number of carbonyl (C=O) groups excluding carboxylic acids is 1. The number of carbonyl (C=O) groups is 1. The van der Waals surface area contributed by atoms with Crippen molar-refractivity contribution in [3.05, 3.63) is 59.7 Å². The summed E-state index contributed by atoms with van der Waals surface area (Å²) in [5, 5.41) is 6.29. The van der Waals surface area contributed by atoms with Crippen LogP contribution in [0.1, 0.15) is 46.8 Å². The quantitative estimate of drug-likeness (QED) is 0.743. The molecule has 1 saturated carbocycles. The lowest BCUT2D eigenvalue weighted by atomic mass is 9.98. The molecular weight excluding hydrogens is 302 g/mol. The van der Waals surface area contributed by atoms with Crippen LogP contribution in [0.3, 0.4) is 0 Å². The Hall–Kier alpha value is -2.69. The lowest BCUT2D eigenvalue weighted by molar-refractivity contribution is 0.0569. The summed E-state index contributed by atoms with van der Waals surface area (Å²) < 4.78 is 5.36. The molecule has 1 saturated heterocycles. The lowest BCUT2D eigenvalue weighted by Gasteiger charge is -2.37. The van der Waals surface area contributed by atoms with E-state index in [-0.39, 0.29) is 11.8 Å². The molecule has 0 radical (unpaired) electrons. The summed E-state index contributed by atoms with van der Waals surface area (Å²) in [7, 11) is 0. The standard InChI is InChI=1S/C19H17N3O2/c23-19(15-8-5-12-3-1-2-4-14(12)9-15)22-10-16(11-22)18-20-17(21-24-18)13-6-7-13/h1-5,8-9,13,16H,6-7,10-11H2. The first-order valence-corrected chi connectivity index (χ1v) is 8.39. The predicted octanol–water partition coefficient (Wildman–Crippen LogP) is 3.34. The molecule has 2 fully saturated rings. The summed E-state index contributed by atoms with van der Waals surface area (Å²) in [6, 6.07) is 13.9. The molecule has 5 nitrogen and oxygen atoms in total. The predicted molar refractivity (Wildman–Crippen MR) is 88.9 cm³/mol. The van der Waals surface area contributed by atoms with Crippen molar-refractivity contribution in [2.24, 2.45) is 0 Å². The second-order valence-electron chi connectivity index (χ2n) is 6.73. The molecule has 5 rings (SSSR count). The number of nitrogens with zero attached hydrogens (tertiary/aromatic N) is 3. The van der Waals surface area contributed by atoms with Gasteiger partial charge in [0.05, 0.1) is 5.92 Å². The Morgan fingerprint density at radius 2 is 1.83 bits per heavy atom. The molecule has 2 heterocycles. The number of fused-ring (bicyclic) bond motifs is 1. The molecule has 0 bridgehead atoms. The van der Waals surface area contributed by atoms with Gasteiger partial charge >= 0.3 is 0 Å². The monoisotopic (exact) mass is 319 g/mol. The molecule has 2 aromatic carbocycles. The van der Waals surface area contributed by atoms with Gasteiger partial charge in [-0.1, -0.05) is 35.5 Å². The third-order valence-electron chi connectivity index (χ3n) is 4.91. The molecular formula is C19H17N3O2. The van der Waals surface area contributed by atoms with Crippen molar-refractivity contribution >= 4 is 16.7 Å². The van der Waals surface area contributed by atoms with Gasteiger partial charge in [0.15, 0.2) is 5.82 Å². The van der Waals surface area contributed by atoms with Crippen LogP contribution in [0.4, 0.5) is 0 Å². The molecule has 1 aliphatic carbocycles. The van der Waals surface area contributed by atoms with E-state index < -0.39 is 0 Å². The third kappa shape index (κ3) is 2.28. The fourth-order valence-electron chi connectivity index (χ4n) is 3.23. The van der Waals surface area contributed by atoms with Gasteiger partial charge < -0.3 is 9.42 Å². The van der Waals surface area contributed by atoms with Crippen molar-refractivity contribution in [3.63, 3.8) is 0 Å². The second-order valence-corrected chi connectivity index (χ2v) is 6.73. The minimum Gasteiger partial charge on any atom is -0.339 e. The molecule has 1 aromatic heterocycles. The molecule has 0 atom stereocenters. The number of hydrogen-bond donors (Lipinski definition) is 0. The topological polar surface area (TPSA) is 59.2 Å². The van der Waals surface area contributed by atoms with Gasteiger partial charge in [0.1, 0.15) is 0 Å². The zero-order valence-corrected chi connectivity index (χ0v) is 13.2. The van der Waals surface area contributed by atoms with Gasteiger partial charge in [-0.2, -0.15) is 4.98 Å². The van der Waals surface area contributed by atoms with Crippen LogP contribution in [-0.4, -0.2) is 34.0 Å². The second kappa shape index (κ2) is 5.16.